The molecule has 1 rings (SSSR count). The van der Waals surface area contributed by atoms with Crippen molar-refractivity contribution in [2.75, 3.05) is 11.5 Å². The Morgan fingerprint density at radius 3 is 2.33 bits per heavy atom. The number of hydrogen-bond acceptors (Lipinski definition) is 3. The van der Waals surface area contributed by atoms with Crippen LogP contribution in [0.2, 0.25) is 0 Å². The van der Waals surface area contributed by atoms with Crippen molar-refractivity contribution in [2.24, 2.45) is 0 Å². The first-order valence-electron chi connectivity index (χ1n) is 6.04. The van der Waals surface area contributed by atoms with Crippen LogP contribution in [0.15, 0.2) is 0 Å². The van der Waals surface area contributed by atoms with Gasteiger partial charge in [0.05, 0.1) is 11.5 Å². The minimum Gasteiger partial charge on any atom is -0.311 e. The van der Waals surface area contributed by atoms with Gasteiger partial charge in [0, 0.05) is 12.1 Å². The van der Waals surface area contributed by atoms with Gasteiger partial charge < -0.3 is 5.32 Å². The molecule has 1 N–H and O–H groups in total. The largest absolute Gasteiger partial charge is 0.311 e. The Hall–Kier alpha value is -0.0900. The van der Waals surface area contributed by atoms with Crippen molar-refractivity contribution in [2.45, 2.75) is 58.0 Å². The lowest BCUT2D eigenvalue weighted by molar-refractivity contribution is 0.374. The van der Waals surface area contributed by atoms with E-state index in [9.17, 15) is 8.42 Å². The van der Waals surface area contributed by atoms with E-state index < -0.39 is 9.84 Å². The van der Waals surface area contributed by atoms with Gasteiger partial charge in [-0.2, -0.15) is 0 Å². The van der Waals surface area contributed by atoms with Gasteiger partial charge in [0.2, 0.25) is 0 Å². The summed E-state index contributed by atoms with van der Waals surface area (Å²) in [4.78, 5) is 0. The summed E-state index contributed by atoms with van der Waals surface area (Å²) in [5.41, 5.74) is 0. The minimum absolute atomic E-state index is 0.368. The molecule has 4 heteroatoms. The molecule has 1 aliphatic heterocycles. The van der Waals surface area contributed by atoms with Crippen molar-refractivity contribution in [3.05, 3.63) is 0 Å². The van der Waals surface area contributed by atoms with E-state index in [0.29, 0.717) is 23.6 Å². The molecule has 0 saturated carbocycles. The summed E-state index contributed by atoms with van der Waals surface area (Å²) in [6, 6.07) is 0.992. The molecule has 0 aromatic heterocycles. The van der Waals surface area contributed by atoms with Crippen molar-refractivity contribution in [3.8, 4) is 0 Å². The Morgan fingerprint density at radius 1 is 1.27 bits per heavy atom. The van der Waals surface area contributed by atoms with E-state index >= 15 is 0 Å². The van der Waals surface area contributed by atoms with Gasteiger partial charge in [-0.05, 0) is 25.7 Å². The first kappa shape index (κ1) is 13.0. The Bertz CT molecular complexity index is 260. The summed E-state index contributed by atoms with van der Waals surface area (Å²) in [7, 11) is -2.71. The van der Waals surface area contributed by atoms with E-state index in [2.05, 4.69) is 19.2 Å². The van der Waals surface area contributed by atoms with Crippen LogP contribution in [0.3, 0.4) is 0 Å². The highest BCUT2D eigenvalue weighted by Gasteiger charge is 2.24. The number of hydrogen-bond donors (Lipinski definition) is 1. The van der Waals surface area contributed by atoms with Crippen LogP contribution >= 0.6 is 0 Å². The maximum Gasteiger partial charge on any atom is 0.150 e. The highest BCUT2D eigenvalue weighted by molar-refractivity contribution is 7.91. The first-order chi connectivity index (χ1) is 7.07. The zero-order valence-electron chi connectivity index (χ0n) is 9.83. The van der Waals surface area contributed by atoms with Crippen molar-refractivity contribution in [1.82, 2.24) is 5.32 Å². The Labute approximate surface area is 93.6 Å². The summed E-state index contributed by atoms with van der Waals surface area (Å²) in [5.74, 6) is 0.737. The maximum atomic E-state index is 11.2. The van der Waals surface area contributed by atoms with Gasteiger partial charge >= 0.3 is 0 Å². The molecule has 0 aliphatic carbocycles. The van der Waals surface area contributed by atoms with E-state index in [1.165, 1.54) is 12.8 Å². The molecule has 90 valence electrons. The predicted molar refractivity (Wildman–Crippen MR) is 63.8 cm³/mol. The van der Waals surface area contributed by atoms with Gasteiger partial charge in [-0.3, -0.25) is 0 Å². The normalized spacial score (nSPS) is 23.9. The first-order valence-corrected chi connectivity index (χ1v) is 7.86. The van der Waals surface area contributed by atoms with E-state index in [1.807, 2.05) is 0 Å². The standard InChI is InChI=1S/C11H23NO2S/c1-3-5-10(4-2)12-11-6-8-15(13,14)9-7-11/h10-12H,3-9H2,1-2H3. The lowest BCUT2D eigenvalue weighted by Gasteiger charge is -2.27. The fraction of sp³-hybridized carbons (Fsp3) is 1.00. The SMILES string of the molecule is CCCC(CC)NC1CCS(=O)(=O)CC1. The van der Waals surface area contributed by atoms with Crippen molar-refractivity contribution in [3.63, 3.8) is 0 Å². The summed E-state index contributed by atoms with van der Waals surface area (Å²) in [6.07, 6.45) is 5.11. The average molecular weight is 233 g/mol. The fourth-order valence-corrected chi connectivity index (χ4v) is 3.64. The van der Waals surface area contributed by atoms with Crippen LogP contribution in [0.4, 0.5) is 0 Å². The number of sulfone groups is 1. The van der Waals surface area contributed by atoms with Gasteiger partial charge in [-0.15, -0.1) is 0 Å². The molecule has 1 atom stereocenters. The van der Waals surface area contributed by atoms with Gasteiger partial charge in [0.15, 0.2) is 0 Å². The van der Waals surface area contributed by atoms with Crippen molar-refractivity contribution >= 4 is 9.84 Å². The van der Waals surface area contributed by atoms with Crippen molar-refractivity contribution < 1.29 is 8.42 Å². The smallest absolute Gasteiger partial charge is 0.150 e. The van der Waals surface area contributed by atoms with Gasteiger partial charge in [-0.25, -0.2) is 8.42 Å². The minimum atomic E-state index is -2.71. The van der Waals surface area contributed by atoms with E-state index in [-0.39, 0.29) is 0 Å². The molecule has 0 aromatic rings. The zero-order chi connectivity index (χ0) is 11.3. The quantitative estimate of drug-likeness (QED) is 0.786. The van der Waals surface area contributed by atoms with Crippen LogP contribution in [0.1, 0.15) is 46.0 Å². The molecule has 0 spiro atoms. The lowest BCUT2D eigenvalue weighted by atomic mass is 10.1. The number of rotatable bonds is 5. The molecule has 1 heterocycles. The monoisotopic (exact) mass is 233 g/mol. The second-order valence-electron chi connectivity index (χ2n) is 4.49. The van der Waals surface area contributed by atoms with Crippen LogP contribution < -0.4 is 5.32 Å². The molecule has 0 amide bonds. The third-order valence-corrected chi connectivity index (χ3v) is 4.87. The molecule has 0 radical (unpaired) electrons. The Kier molecular flexibility index (Phi) is 5.06. The second-order valence-corrected chi connectivity index (χ2v) is 6.79. The molecule has 1 unspecified atom stereocenters. The maximum absolute atomic E-state index is 11.2. The molecule has 1 saturated heterocycles. The third kappa shape index (κ3) is 4.51. The van der Waals surface area contributed by atoms with E-state index in [0.717, 1.165) is 19.3 Å². The van der Waals surface area contributed by atoms with Crippen LogP contribution in [0.25, 0.3) is 0 Å². The third-order valence-electron chi connectivity index (χ3n) is 3.16. The molecular formula is C11H23NO2S. The Balaban J connectivity index is 2.34. The summed E-state index contributed by atoms with van der Waals surface area (Å²) < 4.78 is 22.5. The Morgan fingerprint density at radius 2 is 1.87 bits per heavy atom. The highest BCUT2D eigenvalue weighted by atomic mass is 32.2. The van der Waals surface area contributed by atoms with Crippen LogP contribution in [0, 0.1) is 0 Å². The molecule has 3 nitrogen and oxygen atoms in total. The summed E-state index contributed by atoms with van der Waals surface area (Å²) in [5, 5.41) is 3.58. The van der Waals surface area contributed by atoms with Crippen molar-refractivity contribution in [1.29, 1.82) is 0 Å². The fourth-order valence-electron chi connectivity index (χ4n) is 2.14. The highest BCUT2D eigenvalue weighted by Crippen LogP contribution is 2.14. The van der Waals surface area contributed by atoms with E-state index in [4.69, 9.17) is 0 Å². The lowest BCUT2D eigenvalue weighted by Crippen LogP contribution is -2.42. The molecule has 1 fully saturated rings. The summed E-state index contributed by atoms with van der Waals surface area (Å²) in [6.45, 7) is 4.38. The average Bonchev–Trinajstić information content (AvgIpc) is 2.20. The van der Waals surface area contributed by atoms with Gasteiger partial charge in [0.1, 0.15) is 9.84 Å². The molecule has 0 bridgehead atoms. The molecule has 0 aromatic carbocycles. The molecular weight excluding hydrogens is 210 g/mol. The van der Waals surface area contributed by atoms with Crippen LogP contribution in [0.5, 0.6) is 0 Å². The van der Waals surface area contributed by atoms with Crippen LogP contribution in [-0.4, -0.2) is 32.0 Å². The number of nitrogens with one attached hydrogen (secondary N) is 1. The van der Waals surface area contributed by atoms with Gasteiger partial charge in [0.25, 0.3) is 0 Å². The van der Waals surface area contributed by atoms with Crippen LogP contribution in [-0.2, 0) is 9.84 Å². The topological polar surface area (TPSA) is 46.2 Å². The predicted octanol–water partition coefficient (Wildman–Crippen LogP) is 1.73. The van der Waals surface area contributed by atoms with E-state index in [1.54, 1.807) is 0 Å². The van der Waals surface area contributed by atoms with Gasteiger partial charge in [-0.1, -0.05) is 20.3 Å². The summed E-state index contributed by atoms with van der Waals surface area (Å²) >= 11 is 0. The second kappa shape index (κ2) is 5.85. The zero-order valence-corrected chi connectivity index (χ0v) is 10.6. The molecule has 15 heavy (non-hydrogen) atoms. The molecule has 1 aliphatic rings.